The molecule has 0 bridgehead atoms. The van der Waals surface area contributed by atoms with E-state index in [4.69, 9.17) is 0 Å². The zero-order chi connectivity index (χ0) is 28.4. The van der Waals surface area contributed by atoms with E-state index in [0.717, 1.165) is 51.0 Å². The minimum Gasteiger partial charge on any atom is -0.331 e. The Balaban J connectivity index is 1.31. The lowest BCUT2D eigenvalue weighted by Gasteiger charge is -2.18. The molecule has 1 unspecified atom stereocenters. The largest absolute Gasteiger partial charge is 0.416 e. The summed E-state index contributed by atoms with van der Waals surface area (Å²) in [5.74, 6) is 0.467. The molecule has 40 heavy (non-hydrogen) atoms. The first-order chi connectivity index (χ1) is 19.0. The molecule has 204 valence electrons. The van der Waals surface area contributed by atoms with Gasteiger partial charge in [0, 0.05) is 30.5 Å². The molecule has 11 heteroatoms. The third-order valence-corrected chi connectivity index (χ3v) is 6.41. The number of nitrogens with one attached hydrogen (secondary N) is 3. The zero-order valence-electron chi connectivity index (χ0n) is 21.9. The molecule has 0 saturated carbocycles. The maximum atomic E-state index is 13.0. The maximum Gasteiger partial charge on any atom is 0.416 e. The Kier molecular flexibility index (Phi) is 7.12. The molecule has 0 aliphatic carbocycles. The van der Waals surface area contributed by atoms with Gasteiger partial charge >= 0.3 is 12.2 Å². The van der Waals surface area contributed by atoms with E-state index < -0.39 is 23.8 Å². The molecule has 8 nitrogen and oxygen atoms in total. The minimum atomic E-state index is -4.49. The number of aromatic nitrogens is 4. The number of fused-ring (bicyclic) bond motifs is 1. The monoisotopic (exact) mass is 545 g/mol. The fourth-order valence-corrected chi connectivity index (χ4v) is 4.32. The Bertz CT molecular complexity index is 1700. The smallest absolute Gasteiger partial charge is 0.331 e. The lowest BCUT2D eigenvalue weighted by atomic mass is 9.95. The van der Waals surface area contributed by atoms with E-state index in [-0.39, 0.29) is 5.69 Å². The van der Waals surface area contributed by atoms with E-state index in [9.17, 15) is 18.0 Å². The van der Waals surface area contributed by atoms with Gasteiger partial charge in [0.05, 0.1) is 29.0 Å². The summed E-state index contributed by atoms with van der Waals surface area (Å²) in [5.41, 5.74) is 4.61. The summed E-state index contributed by atoms with van der Waals surface area (Å²) in [7, 11) is 1.83. The van der Waals surface area contributed by atoms with Crippen LogP contribution in [0.3, 0.4) is 0 Å². The molecule has 2 aromatic heterocycles. The van der Waals surface area contributed by atoms with Crippen LogP contribution in [0, 0.1) is 6.92 Å². The Labute approximate surface area is 228 Å². The van der Waals surface area contributed by atoms with Crippen LogP contribution in [0.15, 0.2) is 79.3 Å². The number of urea groups is 1. The summed E-state index contributed by atoms with van der Waals surface area (Å²) < 4.78 is 40.7. The first kappa shape index (κ1) is 26.7. The number of amides is 2. The molecule has 0 fully saturated rings. The number of hydrogen-bond donors (Lipinski definition) is 3. The summed E-state index contributed by atoms with van der Waals surface area (Å²) in [4.78, 5) is 21.6. The highest BCUT2D eigenvalue weighted by molar-refractivity contribution is 5.90. The third-order valence-electron chi connectivity index (χ3n) is 6.41. The van der Waals surface area contributed by atoms with Crippen LogP contribution in [0.1, 0.15) is 29.7 Å². The predicted octanol–water partition coefficient (Wildman–Crippen LogP) is 6.98. The van der Waals surface area contributed by atoms with Crippen LogP contribution in [0.5, 0.6) is 0 Å². The van der Waals surface area contributed by atoms with Gasteiger partial charge in [0.25, 0.3) is 0 Å². The van der Waals surface area contributed by atoms with Crippen molar-refractivity contribution in [2.75, 3.05) is 10.6 Å². The van der Waals surface area contributed by atoms with E-state index in [1.165, 1.54) is 12.1 Å². The van der Waals surface area contributed by atoms with Crippen LogP contribution >= 0.6 is 0 Å². The molecule has 5 rings (SSSR count). The first-order valence-electron chi connectivity index (χ1n) is 12.4. The van der Waals surface area contributed by atoms with Gasteiger partial charge in [0.1, 0.15) is 0 Å². The molecule has 2 amide bonds. The molecular formula is C29H26F3N7O. The first-order valence-corrected chi connectivity index (χ1v) is 12.4. The van der Waals surface area contributed by atoms with Crippen LogP contribution in [0.4, 0.5) is 35.3 Å². The van der Waals surface area contributed by atoms with Crippen molar-refractivity contribution in [2.45, 2.75) is 26.1 Å². The van der Waals surface area contributed by atoms with E-state index in [1.807, 2.05) is 63.5 Å². The highest BCUT2D eigenvalue weighted by Crippen LogP contribution is 2.31. The van der Waals surface area contributed by atoms with Crippen molar-refractivity contribution in [3.8, 4) is 11.1 Å². The van der Waals surface area contributed by atoms with E-state index in [2.05, 4.69) is 31.0 Å². The number of rotatable bonds is 6. The van der Waals surface area contributed by atoms with Crippen molar-refractivity contribution in [1.29, 1.82) is 0 Å². The van der Waals surface area contributed by atoms with Crippen molar-refractivity contribution in [3.05, 3.63) is 95.9 Å². The predicted molar refractivity (Wildman–Crippen MR) is 148 cm³/mol. The second kappa shape index (κ2) is 10.7. The number of nitrogens with zero attached hydrogens (tertiary/aromatic N) is 4. The Hall–Kier alpha value is -4.93. The lowest BCUT2D eigenvalue weighted by Crippen LogP contribution is -2.31. The molecule has 0 spiro atoms. The molecule has 0 aliphatic heterocycles. The fraction of sp³-hybridized carbons (Fsp3) is 0.172. The number of hydrogen-bond acceptors (Lipinski definition) is 5. The number of halogens is 3. The molecule has 0 radical (unpaired) electrons. The van der Waals surface area contributed by atoms with Crippen LogP contribution in [0.2, 0.25) is 0 Å². The van der Waals surface area contributed by atoms with Crippen LogP contribution in [-0.4, -0.2) is 25.8 Å². The average molecular weight is 546 g/mol. The summed E-state index contributed by atoms with van der Waals surface area (Å²) >= 11 is 0. The fourth-order valence-electron chi connectivity index (χ4n) is 4.32. The Morgan fingerprint density at radius 3 is 2.58 bits per heavy atom. The summed E-state index contributed by atoms with van der Waals surface area (Å²) in [6.07, 6.45) is 0.786. The number of alkyl halides is 3. The number of anilines is 3. The van der Waals surface area contributed by atoms with Gasteiger partial charge in [-0.05, 0) is 72.5 Å². The highest BCUT2D eigenvalue weighted by atomic mass is 19.4. The highest BCUT2D eigenvalue weighted by Gasteiger charge is 2.30. The van der Waals surface area contributed by atoms with Crippen molar-refractivity contribution < 1.29 is 18.0 Å². The van der Waals surface area contributed by atoms with E-state index >= 15 is 0 Å². The van der Waals surface area contributed by atoms with Crippen molar-refractivity contribution in [3.63, 3.8) is 0 Å². The van der Waals surface area contributed by atoms with Gasteiger partial charge in [-0.25, -0.2) is 14.8 Å². The quantitative estimate of drug-likeness (QED) is 0.214. The van der Waals surface area contributed by atoms with Crippen LogP contribution in [-0.2, 0) is 13.2 Å². The standard InChI is InChI=1S/C29H26F3N7O/c1-17-7-8-19(18(2)35-28(40)37-23-6-4-5-22(13-23)29(30,31)32)12-25(17)20-9-10-26-21(11-20)14-33-27(38-26)36-24-15-34-39(3)16-24/h4-16,18H,1-3H3,(H,33,36,38)(H2,35,37,40). The van der Waals surface area contributed by atoms with Gasteiger partial charge in [-0.2, -0.15) is 18.3 Å². The number of aryl methyl sites for hydroxylation is 2. The summed E-state index contributed by atoms with van der Waals surface area (Å²) in [6.45, 7) is 3.81. The van der Waals surface area contributed by atoms with Gasteiger partial charge < -0.3 is 16.0 Å². The van der Waals surface area contributed by atoms with Crippen LogP contribution < -0.4 is 16.0 Å². The molecule has 0 aliphatic rings. The third kappa shape index (κ3) is 6.04. The van der Waals surface area contributed by atoms with Crippen molar-refractivity contribution >= 4 is 34.3 Å². The molecular weight excluding hydrogens is 519 g/mol. The molecule has 0 saturated heterocycles. The molecule has 2 heterocycles. The second-order valence-corrected chi connectivity index (χ2v) is 9.47. The zero-order valence-corrected chi connectivity index (χ0v) is 21.9. The van der Waals surface area contributed by atoms with Gasteiger partial charge in [0.2, 0.25) is 5.95 Å². The van der Waals surface area contributed by atoms with Gasteiger partial charge in [-0.1, -0.05) is 24.3 Å². The summed E-state index contributed by atoms with van der Waals surface area (Å²) in [5, 5.41) is 13.4. The van der Waals surface area contributed by atoms with Gasteiger partial charge in [-0.3, -0.25) is 4.68 Å². The second-order valence-electron chi connectivity index (χ2n) is 9.47. The normalized spacial score (nSPS) is 12.2. The van der Waals surface area contributed by atoms with Crippen molar-refractivity contribution in [1.82, 2.24) is 25.1 Å². The Morgan fingerprint density at radius 2 is 1.82 bits per heavy atom. The minimum absolute atomic E-state index is 0.0568. The number of benzene rings is 3. The number of carbonyl (C=O) groups excluding carboxylic acids is 1. The van der Waals surface area contributed by atoms with Gasteiger partial charge in [-0.15, -0.1) is 0 Å². The molecule has 5 aromatic rings. The molecule has 1 atom stereocenters. The van der Waals surface area contributed by atoms with Crippen LogP contribution in [0.25, 0.3) is 22.0 Å². The molecule has 3 aromatic carbocycles. The average Bonchev–Trinajstić information content (AvgIpc) is 3.32. The van der Waals surface area contributed by atoms with E-state index in [1.54, 1.807) is 17.1 Å². The maximum absolute atomic E-state index is 13.0. The number of carbonyl (C=O) groups is 1. The lowest BCUT2D eigenvalue weighted by molar-refractivity contribution is -0.137. The Morgan fingerprint density at radius 1 is 1.00 bits per heavy atom. The topological polar surface area (TPSA) is 96.8 Å². The van der Waals surface area contributed by atoms with E-state index in [0.29, 0.717) is 5.95 Å². The SMILES string of the molecule is Cc1ccc(C(C)NC(=O)Nc2cccc(C(F)(F)F)c2)cc1-c1ccc2nc(Nc3cnn(C)c3)ncc2c1. The van der Waals surface area contributed by atoms with Gasteiger partial charge in [0.15, 0.2) is 0 Å². The molecule has 3 N–H and O–H groups in total. The van der Waals surface area contributed by atoms with Crippen molar-refractivity contribution in [2.24, 2.45) is 7.05 Å². The summed E-state index contributed by atoms with van der Waals surface area (Å²) in [6, 6.07) is 15.3.